The highest BCUT2D eigenvalue weighted by Crippen LogP contribution is 2.48. The Morgan fingerprint density at radius 1 is 1.33 bits per heavy atom. The lowest BCUT2D eigenvalue weighted by atomic mass is 9.82. The fraction of sp³-hybridized carbons (Fsp3) is 0.438. The van der Waals surface area contributed by atoms with Crippen LogP contribution in [0.1, 0.15) is 24.9 Å². The number of carbonyl (C=O) groups is 2. The summed E-state index contributed by atoms with van der Waals surface area (Å²) in [5, 5.41) is 12.3. The number of hydrogen-bond acceptors (Lipinski definition) is 3. The highest BCUT2D eigenvalue weighted by atomic mass is 16.4. The Morgan fingerprint density at radius 3 is 2.67 bits per heavy atom. The topological polar surface area (TPSA) is 79.3 Å². The van der Waals surface area contributed by atoms with Crippen LogP contribution in [0.15, 0.2) is 36.7 Å². The van der Waals surface area contributed by atoms with Gasteiger partial charge in [0, 0.05) is 12.4 Å². The van der Waals surface area contributed by atoms with E-state index in [1.54, 1.807) is 12.4 Å². The minimum Gasteiger partial charge on any atom is -0.481 e. The Kier molecular flexibility index (Phi) is 3.49. The number of pyridine rings is 1. The van der Waals surface area contributed by atoms with Crippen LogP contribution in [0, 0.1) is 23.7 Å². The van der Waals surface area contributed by atoms with Gasteiger partial charge >= 0.3 is 5.97 Å². The van der Waals surface area contributed by atoms with Crippen molar-refractivity contribution < 1.29 is 14.7 Å². The highest BCUT2D eigenvalue weighted by Gasteiger charge is 2.51. The molecule has 2 aliphatic carbocycles. The lowest BCUT2D eigenvalue weighted by Crippen LogP contribution is -2.41. The van der Waals surface area contributed by atoms with Gasteiger partial charge in [-0.15, -0.1) is 0 Å². The number of carboxylic acids is 1. The number of allylic oxidation sites excluding steroid dienone is 2. The predicted molar refractivity (Wildman–Crippen MR) is 76.1 cm³/mol. The van der Waals surface area contributed by atoms with Gasteiger partial charge in [-0.25, -0.2) is 0 Å². The molecular formula is C16H18N2O3. The lowest BCUT2D eigenvalue weighted by molar-refractivity contribution is -0.148. The summed E-state index contributed by atoms with van der Waals surface area (Å²) in [6.45, 7) is 1.88. The zero-order valence-electron chi connectivity index (χ0n) is 11.8. The fourth-order valence-electron chi connectivity index (χ4n) is 3.54. The van der Waals surface area contributed by atoms with Crippen LogP contribution < -0.4 is 5.32 Å². The van der Waals surface area contributed by atoms with Gasteiger partial charge in [0.05, 0.1) is 17.9 Å². The third-order valence-corrected chi connectivity index (χ3v) is 4.59. The molecule has 0 aliphatic heterocycles. The van der Waals surface area contributed by atoms with Crippen molar-refractivity contribution in [1.82, 2.24) is 10.3 Å². The van der Waals surface area contributed by atoms with E-state index in [0.29, 0.717) is 0 Å². The molecule has 21 heavy (non-hydrogen) atoms. The first-order valence-corrected chi connectivity index (χ1v) is 7.19. The van der Waals surface area contributed by atoms with Gasteiger partial charge in [0.1, 0.15) is 0 Å². The first kappa shape index (κ1) is 13.8. The van der Waals surface area contributed by atoms with Crippen molar-refractivity contribution in [2.24, 2.45) is 23.7 Å². The van der Waals surface area contributed by atoms with Crippen molar-refractivity contribution in [3.63, 3.8) is 0 Å². The standard InChI is InChI=1S/C16H18N2O3/c1-9(12-3-2-6-17-8-12)18-15(19)13-10-4-5-11(7-10)14(13)16(20)21/h2-6,8-11,13-14H,7H2,1H3,(H,18,19)(H,20,21)/t9-,10?,11?,13?,14?/m0/s1. The van der Waals surface area contributed by atoms with Crippen LogP contribution in [0.25, 0.3) is 0 Å². The molecule has 5 heteroatoms. The highest BCUT2D eigenvalue weighted by molar-refractivity contribution is 5.87. The monoisotopic (exact) mass is 286 g/mol. The molecule has 0 radical (unpaired) electrons. The van der Waals surface area contributed by atoms with E-state index in [1.807, 2.05) is 31.2 Å². The van der Waals surface area contributed by atoms with E-state index in [2.05, 4.69) is 10.3 Å². The number of hydrogen-bond donors (Lipinski definition) is 2. The molecule has 1 aromatic rings. The fourth-order valence-corrected chi connectivity index (χ4v) is 3.54. The largest absolute Gasteiger partial charge is 0.481 e. The third-order valence-electron chi connectivity index (χ3n) is 4.59. The molecule has 0 aromatic carbocycles. The minimum atomic E-state index is -0.874. The van der Waals surface area contributed by atoms with Crippen LogP contribution in [0.5, 0.6) is 0 Å². The van der Waals surface area contributed by atoms with E-state index in [4.69, 9.17) is 0 Å². The predicted octanol–water partition coefficient (Wildman–Crippen LogP) is 1.78. The molecule has 5 nitrogen and oxygen atoms in total. The number of carbonyl (C=O) groups excluding carboxylic acids is 1. The summed E-state index contributed by atoms with van der Waals surface area (Å²) in [6, 6.07) is 3.54. The summed E-state index contributed by atoms with van der Waals surface area (Å²) >= 11 is 0. The second kappa shape index (κ2) is 5.31. The van der Waals surface area contributed by atoms with Gasteiger partial charge in [-0.05, 0) is 36.8 Å². The summed E-state index contributed by atoms with van der Waals surface area (Å²) in [5.74, 6) is -2.05. The molecule has 4 unspecified atom stereocenters. The van der Waals surface area contributed by atoms with Crippen molar-refractivity contribution in [1.29, 1.82) is 0 Å². The summed E-state index contributed by atoms with van der Waals surface area (Å²) in [6.07, 6.45) is 8.09. The number of rotatable bonds is 4. The minimum absolute atomic E-state index is 0.00283. The van der Waals surface area contributed by atoms with Gasteiger partial charge in [0.15, 0.2) is 0 Å². The third kappa shape index (κ3) is 2.44. The Bertz CT molecular complexity index is 584. The molecule has 5 atom stereocenters. The summed E-state index contributed by atoms with van der Waals surface area (Å²) in [4.78, 5) is 28.0. The molecule has 1 aromatic heterocycles. The summed E-state index contributed by atoms with van der Waals surface area (Å²) in [5.41, 5.74) is 0.913. The molecule has 1 heterocycles. The van der Waals surface area contributed by atoms with Crippen LogP contribution >= 0.6 is 0 Å². The molecule has 2 N–H and O–H groups in total. The maximum Gasteiger partial charge on any atom is 0.307 e. The van der Waals surface area contributed by atoms with Crippen molar-refractivity contribution in [2.75, 3.05) is 0 Å². The van der Waals surface area contributed by atoms with Gasteiger partial charge in [0.25, 0.3) is 0 Å². The van der Waals surface area contributed by atoms with E-state index in [9.17, 15) is 14.7 Å². The Morgan fingerprint density at radius 2 is 2.05 bits per heavy atom. The molecule has 1 saturated carbocycles. The summed E-state index contributed by atoms with van der Waals surface area (Å²) < 4.78 is 0. The molecule has 2 aliphatic rings. The Labute approximate surface area is 123 Å². The molecular weight excluding hydrogens is 268 g/mol. The Hall–Kier alpha value is -2.17. The van der Waals surface area contributed by atoms with Gasteiger partial charge in [0.2, 0.25) is 5.91 Å². The van der Waals surface area contributed by atoms with Gasteiger partial charge in [-0.3, -0.25) is 14.6 Å². The lowest BCUT2D eigenvalue weighted by Gasteiger charge is -2.25. The number of nitrogens with zero attached hydrogens (tertiary/aromatic N) is 1. The molecule has 1 amide bonds. The van der Waals surface area contributed by atoms with E-state index < -0.39 is 17.8 Å². The van der Waals surface area contributed by atoms with Gasteiger partial charge in [-0.1, -0.05) is 18.2 Å². The average molecular weight is 286 g/mol. The van der Waals surface area contributed by atoms with Crippen molar-refractivity contribution >= 4 is 11.9 Å². The van der Waals surface area contributed by atoms with Crippen LogP contribution in [-0.4, -0.2) is 22.0 Å². The van der Waals surface area contributed by atoms with Gasteiger partial charge < -0.3 is 10.4 Å². The molecule has 0 saturated heterocycles. The first-order chi connectivity index (χ1) is 10.1. The number of carboxylic acid groups (broad SMARTS) is 1. The molecule has 110 valence electrons. The van der Waals surface area contributed by atoms with Crippen molar-refractivity contribution in [3.05, 3.63) is 42.2 Å². The van der Waals surface area contributed by atoms with E-state index in [1.165, 1.54) is 0 Å². The van der Waals surface area contributed by atoms with Crippen LogP contribution in [0.4, 0.5) is 0 Å². The van der Waals surface area contributed by atoms with Crippen molar-refractivity contribution in [3.8, 4) is 0 Å². The number of nitrogens with one attached hydrogen (secondary N) is 1. The SMILES string of the molecule is C[C@H](NC(=O)C1C2C=CC(C2)C1C(=O)O)c1cccnc1. The second-order valence-electron chi connectivity index (χ2n) is 5.85. The number of aliphatic carboxylic acids is 1. The zero-order chi connectivity index (χ0) is 15.0. The number of amides is 1. The van der Waals surface area contributed by atoms with E-state index >= 15 is 0 Å². The maximum absolute atomic E-state index is 12.5. The van der Waals surface area contributed by atoms with E-state index in [0.717, 1.165) is 12.0 Å². The molecule has 1 fully saturated rings. The van der Waals surface area contributed by atoms with Crippen molar-refractivity contribution in [2.45, 2.75) is 19.4 Å². The average Bonchev–Trinajstić information content (AvgIpc) is 3.08. The van der Waals surface area contributed by atoms with E-state index in [-0.39, 0.29) is 23.8 Å². The van der Waals surface area contributed by atoms with Crippen LogP contribution in [0.3, 0.4) is 0 Å². The molecule has 0 spiro atoms. The quantitative estimate of drug-likeness (QED) is 0.827. The summed E-state index contributed by atoms with van der Waals surface area (Å²) in [7, 11) is 0. The van der Waals surface area contributed by atoms with Gasteiger partial charge in [-0.2, -0.15) is 0 Å². The maximum atomic E-state index is 12.5. The number of fused-ring (bicyclic) bond motifs is 2. The normalized spacial score (nSPS) is 31.1. The smallest absolute Gasteiger partial charge is 0.307 e. The van der Waals surface area contributed by atoms with Crippen LogP contribution in [0.2, 0.25) is 0 Å². The number of aromatic nitrogens is 1. The molecule has 3 rings (SSSR count). The molecule has 2 bridgehead atoms. The zero-order valence-corrected chi connectivity index (χ0v) is 11.8. The van der Waals surface area contributed by atoms with Crippen LogP contribution in [-0.2, 0) is 9.59 Å². The first-order valence-electron chi connectivity index (χ1n) is 7.19. The second-order valence-corrected chi connectivity index (χ2v) is 5.85. The Balaban J connectivity index is 1.73.